The summed E-state index contributed by atoms with van der Waals surface area (Å²) in [6.07, 6.45) is -1.03. The lowest BCUT2D eigenvalue weighted by Gasteiger charge is -2.04. The van der Waals surface area contributed by atoms with Gasteiger partial charge >= 0.3 is 6.09 Å². The molecular weight excluding hydrogens is 262 g/mol. The van der Waals surface area contributed by atoms with E-state index in [0.29, 0.717) is 19.8 Å². The van der Waals surface area contributed by atoms with Gasteiger partial charge in [0.1, 0.15) is 0 Å². The maximum absolute atomic E-state index is 10.1. The topological polar surface area (TPSA) is 58.6 Å². The number of ether oxygens (including phenoxy) is 1. The van der Waals surface area contributed by atoms with Crippen LogP contribution in [0.4, 0.5) is 4.79 Å². The first kappa shape index (κ1) is 12.0. The number of halogens is 1. The molecule has 1 aromatic carbocycles. The predicted octanol–water partition coefficient (Wildman–Crippen LogP) is 2.23. The summed E-state index contributed by atoms with van der Waals surface area (Å²) in [5.41, 5.74) is 1.06. The van der Waals surface area contributed by atoms with Crippen LogP contribution >= 0.6 is 15.9 Å². The predicted molar refractivity (Wildman–Crippen MR) is 59.8 cm³/mol. The van der Waals surface area contributed by atoms with Gasteiger partial charge in [-0.3, -0.25) is 0 Å². The monoisotopic (exact) mass is 273 g/mol. The Morgan fingerprint density at radius 2 is 2.07 bits per heavy atom. The molecule has 1 aromatic rings. The van der Waals surface area contributed by atoms with Gasteiger partial charge in [0, 0.05) is 11.0 Å². The number of hydrogen-bond acceptors (Lipinski definition) is 2. The summed E-state index contributed by atoms with van der Waals surface area (Å²) in [5.74, 6) is 0. The molecule has 5 heteroatoms. The van der Waals surface area contributed by atoms with Crippen LogP contribution in [0.3, 0.4) is 0 Å². The van der Waals surface area contributed by atoms with Crippen LogP contribution in [0.5, 0.6) is 0 Å². The summed E-state index contributed by atoms with van der Waals surface area (Å²) in [5, 5.41) is 10.5. The highest BCUT2D eigenvalue weighted by molar-refractivity contribution is 9.10. The second-order valence-corrected chi connectivity index (χ2v) is 3.83. The zero-order valence-corrected chi connectivity index (χ0v) is 9.66. The molecule has 0 atom stereocenters. The number of carbonyl (C=O) groups is 1. The Bertz CT molecular complexity index is 313. The average molecular weight is 274 g/mol. The molecule has 0 saturated heterocycles. The lowest BCUT2D eigenvalue weighted by Crippen LogP contribution is -2.25. The molecule has 0 aliphatic rings. The van der Waals surface area contributed by atoms with E-state index in [1.807, 2.05) is 24.3 Å². The van der Waals surface area contributed by atoms with Crippen molar-refractivity contribution < 1.29 is 14.6 Å². The molecule has 0 spiro atoms. The van der Waals surface area contributed by atoms with Gasteiger partial charge < -0.3 is 15.2 Å². The fraction of sp³-hybridized carbons (Fsp3) is 0.300. The quantitative estimate of drug-likeness (QED) is 0.809. The third-order valence-corrected chi connectivity index (χ3v) is 2.23. The Kier molecular flexibility index (Phi) is 5.14. The molecule has 0 aliphatic heterocycles. The third-order valence-electron chi connectivity index (χ3n) is 1.70. The number of rotatable bonds is 5. The van der Waals surface area contributed by atoms with E-state index in [1.165, 1.54) is 0 Å². The van der Waals surface area contributed by atoms with Crippen molar-refractivity contribution in [3.8, 4) is 0 Å². The molecule has 1 rings (SSSR count). The average Bonchev–Trinajstić information content (AvgIpc) is 2.20. The standard InChI is InChI=1S/C10H12BrNO3/c11-9-3-1-8(2-4-9)7-15-6-5-12-10(13)14/h1-4,12H,5-7H2,(H,13,14). The Morgan fingerprint density at radius 1 is 1.40 bits per heavy atom. The first-order valence-corrected chi connectivity index (χ1v) is 5.27. The molecular formula is C10H12BrNO3. The summed E-state index contributed by atoms with van der Waals surface area (Å²) < 4.78 is 6.30. The van der Waals surface area contributed by atoms with Crippen LogP contribution in [0.15, 0.2) is 28.7 Å². The van der Waals surface area contributed by atoms with Crippen molar-refractivity contribution in [2.45, 2.75) is 6.61 Å². The van der Waals surface area contributed by atoms with Gasteiger partial charge in [-0.05, 0) is 17.7 Å². The van der Waals surface area contributed by atoms with Gasteiger partial charge in [-0.15, -0.1) is 0 Å². The molecule has 0 unspecified atom stereocenters. The van der Waals surface area contributed by atoms with Crippen molar-refractivity contribution in [2.24, 2.45) is 0 Å². The molecule has 82 valence electrons. The van der Waals surface area contributed by atoms with E-state index in [-0.39, 0.29) is 0 Å². The molecule has 0 radical (unpaired) electrons. The number of hydrogen-bond donors (Lipinski definition) is 2. The second-order valence-electron chi connectivity index (χ2n) is 2.91. The van der Waals surface area contributed by atoms with Crippen LogP contribution in [0.1, 0.15) is 5.56 Å². The first-order chi connectivity index (χ1) is 7.18. The number of carboxylic acid groups (broad SMARTS) is 1. The molecule has 0 aliphatic carbocycles. The maximum Gasteiger partial charge on any atom is 0.404 e. The maximum atomic E-state index is 10.1. The molecule has 0 aromatic heterocycles. The van der Waals surface area contributed by atoms with Crippen LogP contribution in [0.2, 0.25) is 0 Å². The number of nitrogens with one attached hydrogen (secondary N) is 1. The van der Waals surface area contributed by atoms with Crippen LogP contribution < -0.4 is 5.32 Å². The first-order valence-electron chi connectivity index (χ1n) is 4.47. The minimum atomic E-state index is -1.03. The van der Waals surface area contributed by atoms with E-state index in [2.05, 4.69) is 21.2 Å². The Balaban J connectivity index is 2.15. The summed E-state index contributed by atoms with van der Waals surface area (Å²) >= 11 is 3.34. The van der Waals surface area contributed by atoms with E-state index in [1.54, 1.807) is 0 Å². The molecule has 0 bridgehead atoms. The van der Waals surface area contributed by atoms with Gasteiger partial charge in [0.25, 0.3) is 0 Å². The van der Waals surface area contributed by atoms with Crippen molar-refractivity contribution in [3.63, 3.8) is 0 Å². The van der Waals surface area contributed by atoms with Gasteiger partial charge in [-0.25, -0.2) is 4.79 Å². The number of amides is 1. The minimum absolute atomic E-state index is 0.311. The fourth-order valence-electron chi connectivity index (χ4n) is 1.00. The fourth-order valence-corrected chi connectivity index (χ4v) is 1.27. The molecule has 0 heterocycles. The Labute approximate surface area is 96.4 Å². The summed E-state index contributed by atoms with van der Waals surface area (Å²) in [6.45, 7) is 1.18. The summed E-state index contributed by atoms with van der Waals surface area (Å²) in [7, 11) is 0. The number of benzene rings is 1. The van der Waals surface area contributed by atoms with E-state index in [9.17, 15) is 4.79 Å². The highest BCUT2D eigenvalue weighted by atomic mass is 79.9. The van der Waals surface area contributed by atoms with E-state index in [4.69, 9.17) is 9.84 Å². The van der Waals surface area contributed by atoms with E-state index < -0.39 is 6.09 Å². The molecule has 0 fully saturated rings. The van der Waals surface area contributed by atoms with Gasteiger partial charge in [0.2, 0.25) is 0 Å². The zero-order valence-electron chi connectivity index (χ0n) is 8.07. The lowest BCUT2D eigenvalue weighted by molar-refractivity contribution is 0.120. The largest absolute Gasteiger partial charge is 0.465 e. The van der Waals surface area contributed by atoms with Gasteiger partial charge in [0.05, 0.1) is 13.2 Å². The molecule has 1 amide bonds. The zero-order chi connectivity index (χ0) is 11.1. The highest BCUT2D eigenvalue weighted by Crippen LogP contribution is 2.10. The second kappa shape index (κ2) is 6.42. The van der Waals surface area contributed by atoms with Crippen molar-refractivity contribution >= 4 is 22.0 Å². The molecule has 2 N–H and O–H groups in total. The molecule has 15 heavy (non-hydrogen) atoms. The highest BCUT2D eigenvalue weighted by Gasteiger charge is 1.95. The smallest absolute Gasteiger partial charge is 0.404 e. The third kappa shape index (κ3) is 5.39. The van der Waals surface area contributed by atoms with Crippen molar-refractivity contribution in [3.05, 3.63) is 34.3 Å². The van der Waals surface area contributed by atoms with Crippen molar-refractivity contribution in [2.75, 3.05) is 13.2 Å². The normalized spacial score (nSPS) is 9.93. The summed E-state index contributed by atoms with van der Waals surface area (Å²) in [4.78, 5) is 10.1. The van der Waals surface area contributed by atoms with Crippen LogP contribution in [-0.4, -0.2) is 24.4 Å². The van der Waals surface area contributed by atoms with E-state index in [0.717, 1.165) is 10.0 Å². The molecule has 0 saturated carbocycles. The summed E-state index contributed by atoms with van der Waals surface area (Å²) in [6, 6.07) is 7.78. The molecule has 4 nitrogen and oxygen atoms in total. The van der Waals surface area contributed by atoms with Crippen LogP contribution in [0.25, 0.3) is 0 Å². The van der Waals surface area contributed by atoms with Crippen LogP contribution in [-0.2, 0) is 11.3 Å². The lowest BCUT2D eigenvalue weighted by atomic mass is 10.2. The van der Waals surface area contributed by atoms with Crippen LogP contribution in [0, 0.1) is 0 Å². The van der Waals surface area contributed by atoms with Gasteiger partial charge in [-0.2, -0.15) is 0 Å². The Hall–Kier alpha value is -1.07. The van der Waals surface area contributed by atoms with E-state index >= 15 is 0 Å². The van der Waals surface area contributed by atoms with Crippen molar-refractivity contribution in [1.82, 2.24) is 5.32 Å². The SMILES string of the molecule is O=C(O)NCCOCc1ccc(Br)cc1. The Morgan fingerprint density at radius 3 is 2.67 bits per heavy atom. The minimum Gasteiger partial charge on any atom is -0.465 e. The van der Waals surface area contributed by atoms with Crippen molar-refractivity contribution in [1.29, 1.82) is 0 Å². The van der Waals surface area contributed by atoms with Gasteiger partial charge in [-0.1, -0.05) is 28.1 Å². The van der Waals surface area contributed by atoms with Gasteiger partial charge in [0.15, 0.2) is 0 Å².